The third-order valence-corrected chi connectivity index (χ3v) is 3.67. The van der Waals surface area contributed by atoms with E-state index in [9.17, 15) is 9.90 Å². The molecule has 4 heteroatoms. The Balaban J connectivity index is 2.93. The lowest BCUT2D eigenvalue weighted by atomic mass is 9.99. The molecule has 4 unspecified atom stereocenters. The van der Waals surface area contributed by atoms with Crippen LogP contribution in [0.2, 0.25) is 0 Å². The summed E-state index contributed by atoms with van der Waals surface area (Å²) in [7, 11) is 1.62. The first-order valence-electron chi connectivity index (χ1n) is 7.35. The molecule has 0 bridgehead atoms. The zero-order valence-corrected chi connectivity index (χ0v) is 13.3. The van der Waals surface area contributed by atoms with Crippen LogP contribution in [0.1, 0.15) is 33.6 Å². The van der Waals surface area contributed by atoms with E-state index in [0.717, 1.165) is 12.8 Å². The van der Waals surface area contributed by atoms with Gasteiger partial charge in [0.1, 0.15) is 6.10 Å². The molecule has 0 aromatic carbocycles. The summed E-state index contributed by atoms with van der Waals surface area (Å²) in [5.74, 6) is -0.161. The Labute approximate surface area is 127 Å². The summed E-state index contributed by atoms with van der Waals surface area (Å²) in [6, 6.07) is 0. The van der Waals surface area contributed by atoms with Crippen molar-refractivity contribution >= 4 is 5.97 Å². The largest absolute Gasteiger partial charge is 0.459 e. The van der Waals surface area contributed by atoms with Crippen LogP contribution in [0.25, 0.3) is 0 Å². The molecule has 0 aromatic rings. The van der Waals surface area contributed by atoms with Crippen molar-refractivity contribution in [2.45, 2.75) is 51.4 Å². The van der Waals surface area contributed by atoms with Crippen molar-refractivity contribution < 1.29 is 19.4 Å². The van der Waals surface area contributed by atoms with Crippen LogP contribution in [-0.4, -0.2) is 36.0 Å². The molecule has 1 rings (SSSR count). The number of cyclic esters (lactones) is 1. The molecule has 1 aliphatic heterocycles. The van der Waals surface area contributed by atoms with Gasteiger partial charge in [0.05, 0.1) is 11.7 Å². The van der Waals surface area contributed by atoms with Crippen molar-refractivity contribution in [1.29, 1.82) is 0 Å². The smallest absolute Gasteiger partial charge is 0.330 e. The summed E-state index contributed by atoms with van der Waals surface area (Å²) in [6.45, 7) is 5.55. The topological polar surface area (TPSA) is 55.8 Å². The van der Waals surface area contributed by atoms with Gasteiger partial charge in [0.25, 0.3) is 0 Å². The molecule has 118 valence electrons. The van der Waals surface area contributed by atoms with Crippen LogP contribution in [0.3, 0.4) is 0 Å². The lowest BCUT2D eigenvalue weighted by Gasteiger charge is -2.20. The molecule has 0 radical (unpaired) electrons. The number of hydrogen-bond acceptors (Lipinski definition) is 4. The predicted molar refractivity (Wildman–Crippen MR) is 82.8 cm³/mol. The highest BCUT2D eigenvalue weighted by Gasteiger charge is 2.17. The van der Waals surface area contributed by atoms with Crippen LogP contribution in [0.15, 0.2) is 36.5 Å². The number of aliphatic hydroxyl groups is 1. The lowest BCUT2D eigenvalue weighted by molar-refractivity contribution is -0.144. The molecule has 0 amide bonds. The van der Waals surface area contributed by atoms with Crippen LogP contribution in [0.4, 0.5) is 0 Å². The van der Waals surface area contributed by atoms with E-state index in [2.05, 4.69) is 13.0 Å². The second kappa shape index (κ2) is 8.15. The molecule has 0 saturated carbocycles. The molecule has 4 atom stereocenters. The fourth-order valence-electron chi connectivity index (χ4n) is 1.97. The number of esters is 1. The van der Waals surface area contributed by atoms with Gasteiger partial charge in [0, 0.05) is 13.2 Å². The molecular formula is C17H26O4. The summed E-state index contributed by atoms with van der Waals surface area (Å²) in [4.78, 5) is 11.7. The molecule has 21 heavy (non-hydrogen) atoms. The maximum Gasteiger partial charge on any atom is 0.330 e. The van der Waals surface area contributed by atoms with Gasteiger partial charge in [0.2, 0.25) is 0 Å². The molecule has 4 nitrogen and oxygen atoms in total. The van der Waals surface area contributed by atoms with E-state index in [1.807, 2.05) is 13.0 Å². The van der Waals surface area contributed by atoms with E-state index in [1.54, 1.807) is 26.2 Å². The van der Waals surface area contributed by atoms with Gasteiger partial charge in [-0.25, -0.2) is 4.79 Å². The van der Waals surface area contributed by atoms with Crippen LogP contribution < -0.4 is 0 Å². The van der Waals surface area contributed by atoms with E-state index in [1.165, 1.54) is 12.2 Å². The summed E-state index contributed by atoms with van der Waals surface area (Å²) < 4.78 is 10.6. The Hall–Kier alpha value is -1.39. The number of carbonyl (C=O) groups is 1. The van der Waals surface area contributed by atoms with Crippen LogP contribution >= 0.6 is 0 Å². The quantitative estimate of drug-likeness (QED) is 0.597. The molecular weight excluding hydrogens is 268 g/mol. The average molecular weight is 294 g/mol. The van der Waals surface area contributed by atoms with Gasteiger partial charge in [-0.15, -0.1) is 0 Å². The third-order valence-electron chi connectivity index (χ3n) is 3.67. The van der Waals surface area contributed by atoms with E-state index < -0.39 is 11.6 Å². The van der Waals surface area contributed by atoms with Gasteiger partial charge in [-0.2, -0.15) is 0 Å². The second-order valence-electron chi connectivity index (χ2n) is 5.74. The Morgan fingerprint density at radius 3 is 2.71 bits per heavy atom. The fourth-order valence-corrected chi connectivity index (χ4v) is 1.97. The fraction of sp³-hybridized carbons (Fsp3) is 0.588. The van der Waals surface area contributed by atoms with Crippen LogP contribution in [-0.2, 0) is 14.3 Å². The molecule has 0 aliphatic carbocycles. The Morgan fingerprint density at radius 2 is 2.05 bits per heavy atom. The van der Waals surface area contributed by atoms with Gasteiger partial charge < -0.3 is 14.6 Å². The SMILES string of the molecule is COC1C=CCCC(C)C(C)OC(=O)C=CC(C)(O)C=C1. The number of carbonyl (C=O) groups excluding carboxylic acids is 1. The normalized spacial score (nSPS) is 35.3. The Morgan fingerprint density at radius 1 is 1.33 bits per heavy atom. The monoisotopic (exact) mass is 294 g/mol. The number of rotatable bonds is 1. The average Bonchev–Trinajstić information content (AvgIpc) is 2.43. The number of methoxy groups -OCH3 is 1. The number of ether oxygens (including phenoxy) is 2. The van der Waals surface area contributed by atoms with Gasteiger partial charge in [-0.3, -0.25) is 0 Å². The van der Waals surface area contributed by atoms with E-state index in [-0.39, 0.29) is 18.1 Å². The van der Waals surface area contributed by atoms with E-state index >= 15 is 0 Å². The molecule has 0 saturated heterocycles. The number of allylic oxidation sites excluding steroid dienone is 1. The van der Waals surface area contributed by atoms with Crippen molar-refractivity contribution in [2.75, 3.05) is 7.11 Å². The maximum atomic E-state index is 11.7. The number of hydrogen-bond donors (Lipinski definition) is 1. The molecule has 1 heterocycles. The first-order chi connectivity index (χ1) is 9.84. The molecule has 1 N–H and O–H groups in total. The highest BCUT2D eigenvalue weighted by atomic mass is 16.5. The predicted octanol–water partition coefficient (Wildman–Crippen LogP) is 2.78. The summed E-state index contributed by atoms with van der Waals surface area (Å²) in [5.41, 5.74) is -1.22. The second-order valence-corrected chi connectivity index (χ2v) is 5.74. The summed E-state index contributed by atoms with van der Waals surface area (Å²) in [5, 5.41) is 10.2. The van der Waals surface area contributed by atoms with E-state index in [4.69, 9.17) is 9.47 Å². The minimum atomic E-state index is -1.22. The third kappa shape index (κ3) is 6.74. The van der Waals surface area contributed by atoms with Gasteiger partial charge >= 0.3 is 5.97 Å². The van der Waals surface area contributed by atoms with Gasteiger partial charge in [-0.05, 0) is 38.7 Å². The molecule has 0 fully saturated rings. The Kier molecular flexibility index (Phi) is 6.85. The Bertz CT molecular complexity index is 421. The molecule has 0 aromatic heterocycles. The summed E-state index contributed by atoms with van der Waals surface area (Å²) in [6.07, 6.45) is 11.6. The maximum absolute atomic E-state index is 11.7. The first kappa shape index (κ1) is 17.7. The zero-order chi connectivity index (χ0) is 15.9. The van der Waals surface area contributed by atoms with Gasteiger partial charge in [0.15, 0.2) is 0 Å². The molecule has 1 aliphatic rings. The van der Waals surface area contributed by atoms with Crippen molar-refractivity contribution in [3.63, 3.8) is 0 Å². The van der Waals surface area contributed by atoms with Crippen molar-refractivity contribution in [1.82, 2.24) is 0 Å². The van der Waals surface area contributed by atoms with Crippen molar-refractivity contribution in [2.24, 2.45) is 5.92 Å². The summed E-state index contributed by atoms with van der Waals surface area (Å²) >= 11 is 0. The van der Waals surface area contributed by atoms with Crippen molar-refractivity contribution in [3.05, 3.63) is 36.5 Å². The van der Waals surface area contributed by atoms with Gasteiger partial charge in [-0.1, -0.05) is 31.2 Å². The van der Waals surface area contributed by atoms with Crippen LogP contribution in [0.5, 0.6) is 0 Å². The molecule has 0 spiro atoms. The van der Waals surface area contributed by atoms with Crippen LogP contribution in [0, 0.1) is 5.92 Å². The first-order valence-corrected chi connectivity index (χ1v) is 7.35. The standard InChI is InChI=1S/C17H26O4/c1-13-7-5-6-8-15(20-4)9-11-17(3,19)12-10-16(18)21-14(13)2/h6,8-15,19H,5,7H2,1-4H3. The zero-order valence-electron chi connectivity index (χ0n) is 13.3. The highest BCUT2D eigenvalue weighted by Crippen LogP contribution is 2.16. The minimum absolute atomic E-state index is 0.155. The minimum Gasteiger partial charge on any atom is -0.459 e. The highest BCUT2D eigenvalue weighted by molar-refractivity contribution is 5.82. The van der Waals surface area contributed by atoms with Crippen molar-refractivity contribution in [3.8, 4) is 0 Å². The lowest BCUT2D eigenvalue weighted by Crippen LogP contribution is -2.23. The van der Waals surface area contributed by atoms with E-state index in [0.29, 0.717) is 0 Å².